The molecule has 3 aromatic heterocycles. The van der Waals surface area contributed by atoms with Gasteiger partial charge in [-0.25, -0.2) is 15.0 Å². The van der Waals surface area contributed by atoms with E-state index in [1.54, 1.807) is 0 Å². The van der Waals surface area contributed by atoms with E-state index in [0.29, 0.717) is 22.3 Å². The zero-order valence-corrected chi connectivity index (χ0v) is 24.9. The zero-order chi connectivity index (χ0) is 39.4. The van der Waals surface area contributed by atoms with Gasteiger partial charge in [0.25, 0.3) is 0 Å². The van der Waals surface area contributed by atoms with Crippen LogP contribution in [-0.2, 0) is 0 Å². The molecule has 0 N–H and O–H groups in total. The summed E-state index contributed by atoms with van der Waals surface area (Å²) < 4.78 is 92.0. The average Bonchev–Trinajstić information content (AvgIpc) is 3.83. The number of para-hydroxylation sites is 1. The van der Waals surface area contributed by atoms with Gasteiger partial charge in [0.15, 0.2) is 17.5 Å². The molecule has 0 amide bonds. The molecule has 10 rings (SSSR count). The van der Waals surface area contributed by atoms with Crippen LogP contribution in [0.2, 0.25) is 0 Å². The van der Waals surface area contributed by atoms with Crippen LogP contribution in [0.3, 0.4) is 0 Å². The lowest BCUT2D eigenvalue weighted by molar-refractivity contribution is 0.669. The molecule has 7 aromatic carbocycles. The van der Waals surface area contributed by atoms with Crippen LogP contribution in [0.5, 0.6) is 0 Å². The highest BCUT2D eigenvalue weighted by Crippen LogP contribution is 2.42. The number of hydrogen-bond acceptors (Lipinski definition) is 5. The Hall–Kier alpha value is -6.59. The molecular formula is C43H25N3O2. The monoisotopic (exact) mass is 624 g/mol. The van der Waals surface area contributed by atoms with E-state index in [2.05, 4.69) is 0 Å². The van der Waals surface area contributed by atoms with Gasteiger partial charge >= 0.3 is 0 Å². The second kappa shape index (κ2) is 10.5. The van der Waals surface area contributed by atoms with Gasteiger partial charge in [-0.15, -0.1) is 0 Å². The summed E-state index contributed by atoms with van der Waals surface area (Å²) in [6, 6.07) is 26.3. The van der Waals surface area contributed by atoms with Crippen LogP contribution in [0, 0.1) is 0 Å². The molecule has 3 heterocycles. The zero-order valence-electron chi connectivity index (χ0n) is 33.9. The lowest BCUT2D eigenvalue weighted by Gasteiger charge is -2.10. The second-order valence-corrected chi connectivity index (χ2v) is 11.3. The van der Waals surface area contributed by atoms with Crippen LogP contribution in [0.15, 0.2) is 160 Å². The minimum Gasteiger partial charge on any atom is -0.455 e. The number of hydrogen-bond donors (Lipinski definition) is 0. The lowest BCUT2D eigenvalue weighted by atomic mass is 9.97. The maximum absolute atomic E-state index is 9.56. The summed E-state index contributed by atoms with van der Waals surface area (Å²) >= 11 is 0. The fraction of sp³-hybridized carbons (Fsp3) is 0. The van der Waals surface area contributed by atoms with Gasteiger partial charge in [0.2, 0.25) is 0 Å². The predicted molar refractivity (Wildman–Crippen MR) is 194 cm³/mol. The largest absolute Gasteiger partial charge is 0.455 e. The van der Waals surface area contributed by atoms with Gasteiger partial charge in [0, 0.05) is 38.1 Å². The van der Waals surface area contributed by atoms with Crippen molar-refractivity contribution in [3.05, 3.63) is 151 Å². The van der Waals surface area contributed by atoms with E-state index in [4.69, 9.17) is 33.4 Å². The molecule has 48 heavy (non-hydrogen) atoms. The Labute approximate surface area is 287 Å². The number of rotatable bonds is 4. The Bertz CT molecular complexity index is 3350. The molecule has 0 bridgehead atoms. The maximum atomic E-state index is 9.56. The third kappa shape index (κ3) is 4.15. The molecule has 0 radical (unpaired) electrons. The Morgan fingerprint density at radius 3 is 1.98 bits per heavy atom. The first-order chi connectivity index (χ1) is 27.5. The highest BCUT2D eigenvalue weighted by molar-refractivity contribution is 6.17. The molecule has 224 valence electrons. The first-order valence-electron chi connectivity index (χ1n) is 19.7. The van der Waals surface area contributed by atoms with E-state index in [1.807, 2.05) is 97.1 Å². The topological polar surface area (TPSA) is 65.0 Å². The molecule has 0 saturated heterocycles. The van der Waals surface area contributed by atoms with Crippen molar-refractivity contribution in [1.29, 1.82) is 0 Å². The van der Waals surface area contributed by atoms with E-state index in [1.165, 1.54) is 0 Å². The van der Waals surface area contributed by atoms with Gasteiger partial charge in [-0.1, -0.05) is 115 Å². The predicted octanol–water partition coefficient (Wildman–Crippen LogP) is 11.5. The molecule has 0 aliphatic rings. The number of aromatic nitrogens is 3. The number of nitrogens with zero attached hydrogens (tertiary/aromatic N) is 3. The van der Waals surface area contributed by atoms with Crippen molar-refractivity contribution in [2.75, 3.05) is 0 Å². The molecule has 5 heteroatoms. The van der Waals surface area contributed by atoms with Crippen LogP contribution in [0.4, 0.5) is 0 Å². The summed E-state index contributed by atoms with van der Waals surface area (Å²) in [7, 11) is 0. The van der Waals surface area contributed by atoms with Crippen LogP contribution in [-0.4, -0.2) is 15.0 Å². The second-order valence-electron chi connectivity index (χ2n) is 11.3. The molecule has 5 nitrogen and oxygen atoms in total. The highest BCUT2D eigenvalue weighted by atomic mass is 16.3. The quantitative estimate of drug-likeness (QED) is 0.195. The van der Waals surface area contributed by atoms with E-state index in [0.717, 1.165) is 21.9 Å². The highest BCUT2D eigenvalue weighted by Gasteiger charge is 2.21. The fourth-order valence-electron chi connectivity index (χ4n) is 6.21. The van der Waals surface area contributed by atoms with E-state index in [-0.39, 0.29) is 61.8 Å². The van der Waals surface area contributed by atoms with Gasteiger partial charge in [-0.05, 0) is 52.8 Å². The minimum atomic E-state index is -0.566. The third-order valence-electron chi connectivity index (χ3n) is 8.43. The number of fused-ring (bicyclic) bond motifs is 8. The molecule has 0 fully saturated rings. The summed E-state index contributed by atoms with van der Waals surface area (Å²) in [5.41, 5.74) is 3.66. The van der Waals surface area contributed by atoms with Gasteiger partial charge in [-0.2, -0.15) is 0 Å². The van der Waals surface area contributed by atoms with Crippen molar-refractivity contribution in [3.8, 4) is 45.3 Å². The van der Waals surface area contributed by atoms with Crippen molar-refractivity contribution in [1.82, 2.24) is 15.0 Å². The van der Waals surface area contributed by atoms with Gasteiger partial charge in [0.05, 0.1) is 17.9 Å². The Balaban J connectivity index is 1.30. The molecule has 0 unspecified atom stereocenters. The van der Waals surface area contributed by atoms with Crippen molar-refractivity contribution in [2.24, 2.45) is 0 Å². The lowest BCUT2D eigenvalue weighted by Crippen LogP contribution is -2.00. The minimum absolute atomic E-state index is 0.0797. The van der Waals surface area contributed by atoms with E-state index in [9.17, 15) is 2.74 Å². The summed E-state index contributed by atoms with van der Waals surface area (Å²) in [4.78, 5) is 14.5. The first-order valence-corrected chi connectivity index (χ1v) is 15.2. The van der Waals surface area contributed by atoms with Crippen LogP contribution >= 0.6 is 0 Å². The SMILES string of the molecule is [2H]c1c(-c2nc(-c3ccccc3)nc(-c3ccc(-c4ccccc4)c4c3oc3ccccc34)n2)c([2H])c2c(oc3c4c([2H])c([2H])c([2H])c([2H])c4c([2H])c([2H])c32)c1[2H]. The van der Waals surface area contributed by atoms with E-state index < -0.39 is 48.3 Å². The molecule has 0 aliphatic carbocycles. The third-order valence-corrected chi connectivity index (χ3v) is 8.43. The summed E-state index contributed by atoms with van der Waals surface area (Å²) in [5, 5.41) is 1.20. The number of furan rings is 2. The van der Waals surface area contributed by atoms with Gasteiger partial charge in [0.1, 0.15) is 22.3 Å². The Morgan fingerprint density at radius 2 is 1.12 bits per heavy atom. The first kappa shape index (κ1) is 19.2. The van der Waals surface area contributed by atoms with Crippen LogP contribution < -0.4 is 0 Å². The maximum Gasteiger partial charge on any atom is 0.167 e. The molecule has 10 aromatic rings. The molecular weight excluding hydrogens is 590 g/mol. The van der Waals surface area contributed by atoms with Crippen LogP contribution in [0.1, 0.15) is 12.3 Å². The van der Waals surface area contributed by atoms with Crippen LogP contribution in [0.25, 0.3) is 99.9 Å². The molecule has 0 spiro atoms. The Kier molecular flexibility index (Phi) is 4.18. The van der Waals surface area contributed by atoms with Crippen molar-refractivity contribution >= 4 is 54.6 Å². The van der Waals surface area contributed by atoms with E-state index >= 15 is 0 Å². The summed E-state index contributed by atoms with van der Waals surface area (Å²) in [6.07, 6.45) is 0. The molecule has 0 saturated carbocycles. The standard InChI is InChI=1S/C43H25N3O2/c1-3-11-26(12-4-1)30-22-23-34(40-38(30)33-17-9-10-18-36(33)48-40)43-45-41(28-14-5-2-6-15-28)44-42(46-43)29-20-24-37-35(25-29)32-21-19-27-13-7-8-16-31(27)39(32)47-37/h1-25H/i7D,8D,13D,16D,19D,20D,21D,24D,25D. The fourth-order valence-corrected chi connectivity index (χ4v) is 6.21. The summed E-state index contributed by atoms with van der Waals surface area (Å²) in [6.45, 7) is 0. The van der Waals surface area contributed by atoms with Gasteiger partial charge in [-0.3, -0.25) is 0 Å². The van der Waals surface area contributed by atoms with Crippen molar-refractivity contribution in [2.45, 2.75) is 0 Å². The number of benzene rings is 7. The summed E-state index contributed by atoms with van der Waals surface area (Å²) in [5.74, 6) is 0.308. The molecule has 0 aliphatic heterocycles. The van der Waals surface area contributed by atoms with Crippen molar-refractivity contribution < 1.29 is 21.2 Å². The smallest absolute Gasteiger partial charge is 0.167 e. The van der Waals surface area contributed by atoms with Crippen molar-refractivity contribution in [3.63, 3.8) is 0 Å². The van der Waals surface area contributed by atoms with Gasteiger partial charge < -0.3 is 8.83 Å². The Morgan fingerprint density at radius 1 is 0.438 bits per heavy atom. The average molecular weight is 625 g/mol. The normalized spacial score (nSPS) is 14.4. The molecule has 0 atom stereocenters.